The van der Waals surface area contributed by atoms with Gasteiger partial charge < -0.3 is 54.7 Å². The van der Waals surface area contributed by atoms with Gasteiger partial charge in [0, 0.05) is 0 Å². The molecule has 36 heavy (non-hydrogen) atoms. The maximum atomic E-state index is 10.7. The lowest BCUT2D eigenvalue weighted by atomic mass is 9.97. The first-order valence-corrected chi connectivity index (χ1v) is 13.5. The summed E-state index contributed by atoms with van der Waals surface area (Å²) in [5.74, 6) is 0. The number of hydrogen-bond donors (Lipinski definition) is 7. The summed E-state index contributed by atoms with van der Waals surface area (Å²) in [5.41, 5.74) is 0. The molecule has 2 fully saturated rings. The minimum atomic E-state index is -1.70. The van der Waals surface area contributed by atoms with E-state index in [2.05, 4.69) is 6.92 Å². The molecule has 0 aliphatic carbocycles. The normalized spacial score (nSPS) is 38.2. The molecular formula is C25H48O11. The summed E-state index contributed by atoms with van der Waals surface area (Å²) in [6, 6.07) is 0. The van der Waals surface area contributed by atoms with Gasteiger partial charge in [-0.3, -0.25) is 0 Å². The van der Waals surface area contributed by atoms with Crippen LogP contribution in [0.25, 0.3) is 0 Å². The molecule has 214 valence electrons. The molecule has 2 aliphatic heterocycles. The lowest BCUT2D eigenvalue weighted by molar-refractivity contribution is -0.362. The topological polar surface area (TPSA) is 179 Å². The Kier molecular flexibility index (Phi) is 14.6. The Morgan fingerprint density at radius 3 is 1.78 bits per heavy atom. The van der Waals surface area contributed by atoms with Crippen molar-refractivity contribution in [3.63, 3.8) is 0 Å². The molecule has 7 unspecified atom stereocenters. The van der Waals surface area contributed by atoms with Crippen LogP contribution in [0.2, 0.25) is 0 Å². The Labute approximate surface area is 214 Å². The maximum Gasteiger partial charge on any atom is 0.187 e. The quantitative estimate of drug-likeness (QED) is 0.134. The Balaban J connectivity index is 1.88. The van der Waals surface area contributed by atoms with Crippen molar-refractivity contribution in [3.05, 3.63) is 0 Å². The zero-order valence-electron chi connectivity index (χ0n) is 21.6. The summed E-state index contributed by atoms with van der Waals surface area (Å²) >= 11 is 0. The van der Waals surface area contributed by atoms with Crippen molar-refractivity contribution >= 4 is 0 Å². The van der Waals surface area contributed by atoms with Crippen LogP contribution >= 0.6 is 0 Å². The van der Waals surface area contributed by atoms with E-state index in [1.54, 1.807) is 0 Å². The number of unbranched alkanes of at least 4 members (excludes halogenated alkanes) is 7. The minimum absolute atomic E-state index is 0.195. The number of rotatable bonds is 16. The van der Waals surface area contributed by atoms with E-state index in [1.807, 2.05) is 6.92 Å². The molecule has 0 spiro atoms. The number of aliphatic hydroxyl groups excluding tert-OH is 7. The molecule has 0 saturated carbocycles. The lowest BCUT2D eigenvalue weighted by Crippen LogP contribution is -2.64. The van der Waals surface area contributed by atoms with Gasteiger partial charge >= 0.3 is 0 Å². The molecule has 11 heteroatoms. The van der Waals surface area contributed by atoms with Crippen LogP contribution in [0.4, 0.5) is 0 Å². The Bertz CT molecular complexity index is 578. The molecule has 0 aromatic rings. The molecule has 2 heterocycles. The first kappa shape index (κ1) is 31.8. The van der Waals surface area contributed by atoms with E-state index in [0.29, 0.717) is 6.42 Å². The van der Waals surface area contributed by atoms with Gasteiger partial charge in [0.25, 0.3) is 0 Å². The molecule has 7 N–H and O–H groups in total. The number of hydrogen-bond acceptors (Lipinski definition) is 11. The van der Waals surface area contributed by atoms with Crippen LogP contribution in [-0.2, 0) is 18.9 Å². The van der Waals surface area contributed by atoms with E-state index in [-0.39, 0.29) is 6.10 Å². The van der Waals surface area contributed by atoms with Gasteiger partial charge in [0.05, 0.1) is 19.3 Å². The average Bonchev–Trinajstić information content (AvgIpc) is 2.88. The van der Waals surface area contributed by atoms with Crippen LogP contribution < -0.4 is 0 Å². The number of aliphatic hydroxyl groups is 7. The molecular weight excluding hydrogens is 476 g/mol. The van der Waals surface area contributed by atoms with Crippen molar-refractivity contribution in [1.29, 1.82) is 0 Å². The zero-order valence-corrected chi connectivity index (χ0v) is 21.6. The van der Waals surface area contributed by atoms with Crippen molar-refractivity contribution in [2.75, 3.05) is 13.2 Å². The molecule has 11 atom stereocenters. The van der Waals surface area contributed by atoms with Gasteiger partial charge in [0.15, 0.2) is 12.6 Å². The summed E-state index contributed by atoms with van der Waals surface area (Å²) in [4.78, 5) is 0. The molecule has 0 aromatic heterocycles. The maximum absolute atomic E-state index is 10.7. The smallest absolute Gasteiger partial charge is 0.187 e. The SMILES string of the molecule is CCCCCCCCCCC(CC)O[C@@H]1OC(CO)[C@@H](O[C@H]2OC(CO)[C@@H](O)C(O)C2O)C(O)C1O. The second-order valence-electron chi connectivity index (χ2n) is 9.93. The van der Waals surface area contributed by atoms with Crippen LogP contribution in [-0.4, -0.2) is 116 Å². The molecule has 0 bridgehead atoms. The van der Waals surface area contributed by atoms with Gasteiger partial charge in [-0.15, -0.1) is 0 Å². The second kappa shape index (κ2) is 16.5. The Hall–Kier alpha value is -0.440. The van der Waals surface area contributed by atoms with Gasteiger partial charge in [-0.05, 0) is 12.8 Å². The van der Waals surface area contributed by atoms with Crippen LogP contribution in [0.15, 0.2) is 0 Å². The average molecular weight is 525 g/mol. The van der Waals surface area contributed by atoms with E-state index < -0.39 is 74.6 Å². The van der Waals surface area contributed by atoms with Gasteiger partial charge in [-0.1, -0.05) is 65.2 Å². The van der Waals surface area contributed by atoms with Crippen molar-refractivity contribution < 1.29 is 54.7 Å². The molecule has 0 radical (unpaired) electrons. The lowest BCUT2D eigenvalue weighted by Gasteiger charge is -2.46. The standard InChI is InChI=1S/C25H48O11/c1-3-5-6-7-8-9-10-11-12-15(4-2)33-24-22(32)20(30)23(17(14-27)35-24)36-25-21(31)19(29)18(28)16(13-26)34-25/h15-32H,3-14H2,1-2H3/t15?,16?,17?,18-,19?,20?,21?,22?,23-,24-,25-/m1/s1. The summed E-state index contributed by atoms with van der Waals surface area (Å²) in [7, 11) is 0. The van der Waals surface area contributed by atoms with Crippen LogP contribution in [0.5, 0.6) is 0 Å². The predicted molar refractivity (Wildman–Crippen MR) is 129 cm³/mol. The van der Waals surface area contributed by atoms with Gasteiger partial charge in [-0.25, -0.2) is 0 Å². The van der Waals surface area contributed by atoms with Crippen molar-refractivity contribution in [3.8, 4) is 0 Å². The summed E-state index contributed by atoms with van der Waals surface area (Å²) in [6.45, 7) is 2.94. The van der Waals surface area contributed by atoms with Gasteiger partial charge in [0.2, 0.25) is 0 Å². The fourth-order valence-electron chi connectivity index (χ4n) is 4.73. The molecule has 11 nitrogen and oxygen atoms in total. The molecule has 2 rings (SSSR count). The Morgan fingerprint density at radius 2 is 1.19 bits per heavy atom. The van der Waals surface area contributed by atoms with E-state index in [9.17, 15) is 35.7 Å². The largest absolute Gasteiger partial charge is 0.394 e. The van der Waals surface area contributed by atoms with Gasteiger partial charge in [-0.2, -0.15) is 0 Å². The third kappa shape index (κ3) is 8.81. The van der Waals surface area contributed by atoms with Gasteiger partial charge in [0.1, 0.15) is 48.8 Å². The highest BCUT2D eigenvalue weighted by Gasteiger charge is 2.50. The molecule has 0 aromatic carbocycles. The van der Waals surface area contributed by atoms with E-state index in [0.717, 1.165) is 19.3 Å². The summed E-state index contributed by atoms with van der Waals surface area (Å²) < 4.78 is 22.6. The second-order valence-corrected chi connectivity index (χ2v) is 9.93. The van der Waals surface area contributed by atoms with Crippen LogP contribution in [0.3, 0.4) is 0 Å². The predicted octanol–water partition coefficient (Wildman–Crippen LogP) is -0.0635. The monoisotopic (exact) mass is 524 g/mol. The third-order valence-electron chi connectivity index (χ3n) is 7.12. The summed E-state index contributed by atoms with van der Waals surface area (Å²) in [6.07, 6.45) is -3.60. The zero-order chi connectivity index (χ0) is 26.7. The molecule has 2 aliphatic rings. The van der Waals surface area contributed by atoms with Crippen molar-refractivity contribution in [1.82, 2.24) is 0 Å². The first-order chi connectivity index (χ1) is 17.3. The van der Waals surface area contributed by atoms with Crippen LogP contribution in [0.1, 0.15) is 78.1 Å². The van der Waals surface area contributed by atoms with Crippen molar-refractivity contribution in [2.45, 2.75) is 146 Å². The van der Waals surface area contributed by atoms with E-state index >= 15 is 0 Å². The highest BCUT2D eigenvalue weighted by molar-refractivity contribution is 4.94. The van der Waals surface area contributed by atoms with E-state index in [1.165, 1.54) is 38.5 Å². The van der Waals surface area contributed by atoms with Crippen LogP contribution in [0, 0.1) is 0 Å². The third-order valence-corrected chi connectivity index (χ3v) is 7.12. The minimum Gasteiger partial charge on any atom is -0.394 e. The van der Waals surface area contributed by atoms with Crippen molar-refractivity contribution in [2.24, 2.45) is 0 Å². The highest BCUT2D eigenvalue weighted by atomic mass is 16.7. The number of ether oxygens (including phenoxy) is 4. The van der Waals surface area contributed by atoms with E-state index in [4.69, 9.17) is 18.9 Å². The fraction of sp³-hybridized carbons (Fsp3) is 1.00. The summed E-state index contributed by atoms with van der Waals surface area (Å²) in [5, 5.41) is 70.8. The highest BCUT2D eigenvalue weighted by Crippen LogP contribution is 2.30. The Morgan fingerprint density at radius 1 is 0.639 bits per heavy atom. The molecule has 0 amide bonds. The fourth-order valence-corrected chi connectivity index (χ4v) is 4.73. The molecule has 2 saturated heterocycles. The first-order valence-electron chi connectivity index (χ1n) is 13.5.